The zero-order valence-electron chi connectivity index (χ0n) is 11.9. The minimum absolute atomic E-state index is 0.0576. The average Bonchev–Trinajstić information content (AvgIpc) is 2.55. The van der Waals surface area contributed by atoms with E-state index in [4.69, 9.17) is 5.41 Å². The molecule has 22 heavy (non-hydrogen) atoms. The Hall–Kier alpha value is -3.35. The number of nitriles is 1. The summed E-state index contributed by atoms with van der Waals surface area (Å²) >= 11 is 0. The van der Waals surface area contributed by atoms with Gasteiger partial charge < -0.3 is 0 Å². The molecule has 0 saturated carbocycles. The van der Waals surface area contributed by atoms with E-state index in [1.807, 2.05) is 61.8 Å². The van der Waals surface area contributed by atoms with Gasteiger partial charge in [-0.05, 0) is 41.5 Å². The summed E-state index contributed by atoms with van der Waals surface area (Å²) in [6.45, 7) is 1.97. The summed E-state index contributed by atoms with van der Waals surface area (Å²) in [6, 6.07) is 13.3. The van der Waals surface area contributed by atoms with Gasteiger partial charge in [0.15, 0.2) is 5.69 Å². The second-order valence-corrected chi connectivity index (χ2v) is 4.78. The molecule has 0 unspecified atom stereocenters. The number of allylic oxidation sites excluding steroid dienone is 1. The lowest BCUT2D eigenvalue weighted by atomic mass is 10.2. The predicted octanol–water partition coefficient (Wildman–Crippen LogP) is 2.37. The second-order valence-electron chi connectivity index (χ2n) is 4.78. The van der Waals surface area contributed by atoms with Crippen molar-refractivity contribution in [3.05, 3.63) is 60.0 Å². The first-order valence-corrected chi connectivity index (χ1v) is 6.68. The maximum Gasteiger partial charge on any atom is 0.356 e. The molecule has 3 aromatic rings. The molecule has 2 heterocycles. The van der Waals surface area contributed by atoms with Crippen molar-refractivity contribution in [1.29, 1.82) is 10.7 Å². The summed E-state index contributed by atoms with van der Waals surface area (Å²) in [7, 11) is 0. The number of aromatic nitrogens is 3. The van der Waals surface area contributed by atoms with E-state index >= 15 is 0 Å². The molecule has 0 radical (unpaired) electrons. The molecule has 3 rings (SSSR count). The Balaban J connectivity index is 2.38. The monoisotopic (exact) mass is 286 g/mol. The normalized spacial score (nSPS) is 10.0. The lowest BCUT2D eigenvalue weighted by Crippen LogP contribution is -2.33. The third kappa shape index (κ3) is 2.35. The highest BCUT2D eigenvalue weighted by atomic mass is 15.1. The molecule has 104 valence electrons. The quantitative estimate of drug-likeness (QED) is 0.446. The third-order valence-electron chi connectivity index (χ3n) is 3.22. The van der Waals surface area contributed by atoms with Gasteiger partial charge in [0.05, 0.1) is 12.4 Å². The molecule has 2 aromatic heterocycles. The molecule has 0 saturated heterocycles. The number of para-hydroxylation sites is 2. The Morgan fingerprint density at radius 1 is 1.14 bits per heavy atom. The number of aryl methyl sites for hydroxylation is 1. The minimum atomic E-state index is 0.0576. The number of pyridine rings is 1. The van der Waals surface area contributed by atoms with Gasteiger partial charge in [0.2, 0.25) is 5.52 Å². The van der Waals surface area contributed by atoms with Crippen molar-refractivity contribution in [2.24, 2.45) is 0 Å². The molecule has 0 bridgehead atoms. The number of fused-ring (bicyclic) bond motifs is 1. The highest BCUT2D eigenvalue weighted by Crippen LogP contribution is 2.18. The van der Waals surface area contributed by atoms with Crippen LogP contribution in [-0.2, 0) is 0 Å². The van der Waals surface area contributed by atoms with Crippen LogP contribution in [0.15, 0.2) is 48.8 Å². The zero-order valence-corrected chi connectivity index (χ0v) is 11.9. The van der Waals surface area contributed by atoms with E-state index in [1.54, 1.807) is 4.57 Å². The van der Waals surface area contributed by atoms with Gasteiger partial charge in [0.25, 0.3) is 0 Å². The highest BCUT2D eigenvalue weighted by molar-refractivity contribution is 5.97. The Morgan fingerprint density at radius 2 is 1.86 bits per heavy atom. The number of nitrogens with one attached hydrogen (secondary N) is 1. The van der Waals surface area contributed by atoms with Crippen LogP contribution in [0.1, 0.15) is 11.3 Å². The van der Waals surface area contributed by atoms with Crippen molar-refractivity contribution < 1.29 is 4.57 Å². The van der Waals surface area contributed by atoms with Crippen molar-refractivity contribution >= 4 is 22.5 Å². The van der Waals surface area contributed by atoms with Gasteiger partial charge >= 0.3 is 5.82 Å². The van der Waals surface area contributed by atoms with Gasteiger partial charge in [-0.25, -0.2) is 9.55 Å². The summed E-state index contributed by atoms with van der Waals surface area (Å²) in [6.07, 6.45) is 3.75. The van der Waals surface area contributed by atoms with Crippen LogP contribution in [0.5, 0.6) is 0 Å². The van der Waals surface area contributed by atoms with Crippen LogP contribution < -0.4 is 4.57 Å². The van der Waals surface area contributed by atoms with Gasteiger partial charge in [-0.2, -0.15) is 5.26 Å². The van der Waals surface area contributed by atoms with Gasteiger partial charge in [0, 0.05) is 0 Å². The SMILES string of the molecule is Cc1ccc[n+](-c2nc3ccccc3nc2C(=C=N)C#N)c1. The average molecular weight is 286 g/mol. The maximum absolute atomic E-state index is 9.23. The van der Waals surface area contributed by atoms with Crippen molar-refractivity contribution in [1.82, 2.24) is 9.97 Å². The van der Waals surface area contributed by atoms with Crippen molar-refractivity contribution in [2.45, 2.75) is 6.92 Å². The molecular formula is C17H12N5+. The smallest absolute Gasteiger partial charge is 0.257 e. The Kier molecular flexibility index (Phi) is 3.45. The Bertz CT molecular complexity index is 962. The Labute approximate surface area is 127 Å². The van der Waals surface area contributed by atoms with Gasteiger partial charge in [-0.3, -0.25) is 5.41 Å². The molecule has 5 nitrogen and oxygen atoms in total. The van der Waals surface area contributed by atoms with Crippen LogP contribution in [0.25, 0.3) is 22.4 Å². The fourth-order valence-electron chi connectivity index (χ4n) is 2.20. The molecule has 1 aromatic carbocycles. The number of rotatable bonds is 2. The fraction of sp³-hybridized carbons (Fsp3) is 0.0588. The standard InChI is InChI=1S/C17H12N5/c1-12-5-4-8-22(11-12)17-16(13(9-18)10-19)20-14-6-2-3-7-15(14)21-17/h2-8,11,18H,1H3/q+1. The van der Waals surface area contributed by atoms with E-state index in [0.29, 0.717) is 17.0 Å². The van der Waals surface area contributed by atoms with Crippen LogP contribution in [-0.4, -0.2) is 15.8 Å². The van der Waals surface area contributed by atoms with Crippen molar-refractivity contribution in [2.75, 3.05) is 0 Å². The predicted molar refractivity (Wildman–Crippen MR) is 82.6 cm³/mol. The van der Waals surface area contributed by atoms with Crippen LogP contribution in [0.3, 0.4) is 0 Å². The summed E-state index contributed by atoms with van der Waals surface area (Å²) in [5.41, 5.74) is 2.88. The molecule has 0 aliphatic carbocycles. The molecule has 0 atom stereocenters. The lowest BCUT2D eigenvalue weighted by molar-refractivity contribution is -0.600. The lowest BCUT2D eigenvalue weighted by Gasteiger charge is -2.03. The molecule has 0 spiro atoms. The second kappa shape index (κ2) is 5.57. The largest absolute Gasteiger partial charge is 0.356 e. The molecule has 0 aliphatic heterocycles. The number of benzene rings is 1. The van der Waals surface area contributed by atoms with E-state index in [2.05, 4.69) is 15.8 Å². The maximum atomic E-state index is 9.23. The summed E-state index contributed by atoms with van der Waals surface area (Å²) in [5, 5.41) is 16.6. The van der Waals surface area contributed by atoms with E-state index in [9.17, 15) is 5.26 Å². The van der Waals surface area contributed by atoms with Gasteiger partial charge in [0.1, 0.15) is 17.2 Å². The summed E-state index contributed by atoms with van der Waals surface area (Å²) < 4.78 is 1.80. The first kappa shape index (κ1) is 13.6. The van der Waals surface area contributed by atoms with E-state index in [0.717, 1.165) is 11.1 Å². The number of hydrogen-bond donors (Lipinski definition) is 1. The van der Waals surface area contributed by atoms with Crippen LogP contribution in [0.2, 0.25) is 0 Å². The van der Waals surface area contributed by atoms with Crippen molar-refractivity contribution in [3.8, 4) is 11.9 Å². The molecule has 0 amide bonds. The zero-order chi connectivity index (χ0) is 15.5. The van der Waals surface area contributed by atoms with Crippen molar-refractivity contribution in [3.63, 3.8) is 0 Å². The number of hydrogen-bond acceptors (Lipinski definition) is 4. The van der Waals surface area contributed by atoms with E-state index in [1.165, 1.54) is 0 Å². The van der Waals surface area contributed by atoms with Gasteiger partial charge in [-0.1, -0.05) is 18.2 Å². The highest BCUT2D eigenvalue weighted by Gasteiger charge is 2.22. The van der Waals surface area contributed by atoms with Crippen LogP contribution >= 0.6 is 0 Å². The number of nitrogens with zero attached hydrogens (tertiary/aromatic N) is 4. The minimum Gasteiger partial charge on any atom is -0.257 e. The first-order valence-electron chi connectivity index (χ1n) is 6.68. The fourth-order valence-corrected chi connectivity index (χ4v) is 2.20. The molecule has 0 fully saturated rings. The van der Waals surface area contributed by atoms with E-state index < -0.39 is 0 Å². The first-order chi connectivity index (χ1) is 10.7. The molecule has 1 N–H and O–H groups in total. The Morgan fingerprint density at radius 3 is 2.50 bits per heavy atom. The molecule has 5 heteroatoms. The van der Waals surface area contributed by atoms with E-state index in [-0.39, 0.29) is 5.57 Å². The third-order valence-corrected chi connectivity index (χ3v) is 3.22. The van der Waals surface area contributed by atoms with Gasteiger partial charge in [-0.15, -0.1) is 0 Å². The summed E-state index contributed by atoms with van der Waals surface area (Å²) in [5.74, 6) is 2.66. The molecular weight excluding hydrogens is 274 g/mol. The summed E-state index contributed by atoms with van der Waals surface area (Å²) in [4.78, 5) is 9.11. The molecule has 0 aliphatic rings. The van der Waals surface area contributed by atoms with Crippen LogP contribution in [0, 0.1) is 23.7 Å². The topological polar surface area (TPSA) is 77.3 Å². The van der Waals surface area contributed by atoms with Crippen LogP contribution in [0.4, 0.5) is 0 Å².